The van der Waals surface area contributed by atoms with Gasteiger partial charge >= 0.3 is 0 Å². The van der Waals surface area contributed by atoms with Crippen molar-refractivity contribution in [2.75, 3.05) is 18.1 Å². The van der Waals surface area contributed by atoms with E-state index in [2.05, 4.69) is 4.90 Å². The highest BCUT2D eigenvalue weighted by atomic mass is 35.5. The van der Waals surface area contributed by atoms with Gasteiger partial charge in [0, 0.05) is 11.3 Å². The van der Waals surface area contributed by atoms with Gasteiger partial charge in [-0.15, -0.1) is 0 Å². The molecule has 0 aromatic heterocycles. The van der Waals surface area contributed by atoms with Crippen LogP contribution in [-0.4, -0.2) is 24.5 Å². The van der Waals surface area contributed by atoms with E-state index in [1.807, 2.05) is 30.3 Å². The normalized spacial score (nSPS) is 14.2. The lowest BCUT2D eigenvalue weighted by molar-refractivity contribution is 0.0786. The van der Waals surface area contributed by atoms with Gasteiger partial charge in [-0.3, -0.25) is 4.79 Å². The van der Waals surface area contributed by atoms with Crippen LogP contribution in [0, 0.1) is 0 Å². The van der Waals surface area contributed by atoms with Crippen LogP contribution in [0.3, 0.4) is 0 Å². The second-order valence-corrected chi connectivity index (χ2v) is 6.42. The number of hydrogen-bond acceptors (Lipinski definition) is 4. The predicted octanol–water partition coefficient (Wildman–Crippen LogP) is 3.91. The number of rotatable bonds is 3. The van der Waals surface area contributed by atoms with Crippen LogP contribution >= 0.6 is 11.6 Å². The first-order chi connectivity index (χ1) is 10.9. The van der Waals surface area contributed by atoms with E-state index in [4.69, 9.17) is 16.3 Å². The zero-order valence-corrected chi connectivity index (χ0v) is 13.8. The maximum absolute atomic E-state index is 11.0. The van der Waals surface area contributed by atoms with Gasteiger partial charge in [0.1, 0.15) is 6.61 Å². The Hall–Kier alpha value is -2.04. The molecule has 2 aromatic rings. The monoisotopic (exact) mass is 331 g/mol. The number of aldehydes is 1. The van der Waals surface area contributed by atoms with Gasteiger partial charge in [-0.1, -0.05) is 23.7 Å². The topological polar surface area (TPSA) is 49.8 Å². The summed E-state index contributed by atoms with van der Waals surface area (Å²) in [7, 11) is 0. The van der Waals surface area contributed by atoms with E-state index in [0.29, 0.717) is 29.5 Å². The van der Waals surface area contributed by atoms with Crippen molar-refractivity contribution in [3.05, 3.63) is 52.5 Å². The molecule has 4 nitrogen and oxygen atoms in total. The van der Waals surface area contributed by atoms with Crippen LogP contribution in [0.25, 0.3) is 0 Å². The summed E-state index contributed by atoms with van der Waals surface area (Å²) in [6.07, 6.45) is 0.725. The van der Waals surface area contributed by atoms with Crippen molar-refractivity contribution < 1.29 is 14.6 Å². The molecule has 0 fully saturated rings. The highest BCUT2D eigenvalue weighted by Crippen LogP contribution is 2.42. The third-order valence-electron chi connectivity index (χ3n) is 3.97. The maximum Gasteiger partial charge on any atom is 0.162 e. The van der Waals surface area contributed by atoms with Crippen molar-refractivity contribution in [3.63, 3.8) is 0 Å². The van der Waals surface area contributed by atoms with E-state index in [0.717, 1.165) is 23.2 Å². The molecule has 23 heavy (non-hydrogen) atoms. The van der Waals surface area contributed by atoms with Crippen molar-refractivity contribution in [1.29, 1.82) is 0 Å². The number of carbonyl (C=O) groups is 1. The van der Waals surface area contributed by atoms with E-state index in [1.165, 1.54) is 0 Å². The number of hydrogen-bond donors (Lipinski definition) is 1. The number of aliphatic hydroxyl groups is 1. The molecule has 0 aliphatic carbocycles. The SMILES string of the molecule is CC(C)(O)c1ccc(N2CCOc3c2ccc(C=O)c3Cl)cc1. The predicted molar refractivity (Wildman–Crippen MR) is 91.0 cm³/mol. The molecule has 0 radical (unpaired) electrons. The highest BCUT2D eigenvalue weighted by molar-refractivity contribution is 6.35. The minimum absolute atomic E-state index is 0.343. The summed E-state index contributed by atoms with van der Waals surface area (Å²) in [6.45, 7) is 4.69. The smallest absolute Gasteiger partial charge is 0.162 e. The summed E-state index contributed by atoms with van der Waals surface area (Å²) in [6, 6.07) is 11.3. The van der Waals surface area contributed by atoms with Crippen molar-refractivity contribution in [1.82, 2.24) is 0 Å². The number of nitrogens with zero attached hydrogens (tertiary/aromatic N) is 1. The highest BCUT2D eigenvalue weighted by Gasteiger charge is 2.24. The van der Waals surface area contributed by atoms with Crippen LogP contribution in [-0.2, 0) is 5.60 Å². The molecule has 3 rings (SSSR count). The molecule has 2 aromatic carbocycles. The number of benzene rings is 2. The van der Waals surface area contributed by atoms with Gasteiger partial charge in [0.15, 0.2) is 12.0 Å². The van der Waals surface area contributed by atoms with Gasteiger partial charge in [-0.25, -0.2) is 0 Å². The molecule has 0 saturated carbocycles. The molecule has 0 spiro atoms. The second kappa shape index (κ2) is 5.87. The molecule has 1 heterocycles. The van der Waals surface area contributed by atoms with Crippen molar-refractivity contribution in [2.45, 2.75) is 19.4 Å². The second-order valence-electron chi connectivity index (χ2n) is 6.04. The van der Waals surface area contributed by atoms with Crippen LogP contribution in [0.4, 0.5) is 11.4 Å². The first kappa shape index (κ1) is 15.8. The van der Waals surface area contributed by atoms with Crippen molar-refractivity contribution in [2.24, 2.45) is 0 Å². The van der Waals surface area contributed by atoms with E-state index >= 15 is 0 Å². The zero-order chi connectivity index (χ0) is 16.6. The molecule has 0 atom stereocenters. The maximum atomic E-state index is 11.0. The average Bonchev–Trinajstić information content (AvgIpc) is 2.54. The summed E-state index contributed by atoms with van der Waals surface area (Å²) in [5, 5.41) is 10.4. The fraction of sp³-hybridized carbons (Fsp3) is 0.278. The van der Waals surface area contributed by atoms with Crippen LogP contribution in [0.5, 0.6) is 5.75 Å². The number of carbonyl (C=O) groups excluding carboxylic acids is 1. The number of halogens is 1. The van der Waals surface area contributed by atoms with Gasteiger partial charge in [0.05, 0.1) is 22.9 Å². The Labute approximate surface area is 140 Å². The first-order valence-electron chi connectivity index (χ1n) is 7.43. The lowest BCUT2D eigenvalue weighted by Gasteiger charge is -2.32. The number of ether oxygens (including phenoxy) is 1. The van der Waals surface area contributed by atoms with Crippen LogP contribution < -0.4 is 9.64 Å². The molecule has 0 amide bonds. The van der Waals surface area contributed by atoms with E-state index in [9.17, 15) is 9.90 Å². The van der Waals surface area contributed by atoms with Crippen LogP contribution in [0.1, 0.15) is 29.8 Å². The molecule has 120 valence electrons. The summed E-state index contributed by atoms with van der Waals surface area (Å²) < 4.78 is 5.65. The fourth-order valence-electron chi connectivity index (χ4n) is 2.68. The molecule has 1 aliphatic rings. The minimum Gasteiger partial charge on any atom is -0.488 e. The molecular weight excluding hydrogens is 314 g/mol. The van der Waals surface area contributed by atoms with E-state index in [-0.39, 0.29) is 0 Å². The van der Waals surface area contributed by atoms with E-state index < -0.39 is 5.60 Å². The number of anilines is 2. The average molecular weight is 332 g/mol. The van der Waals surface area contributed by atoms with Crippen molar-refractivity contribution in [3.8, 4) is 5.75 Å². The summed E-state index contributed by atoms with van der Waals surface area (Å²) >= 11 is 6.25. The Kier molecular flexibility index (Phi) is 4.04. The molecule has 0 unspecified atom stereocenters. The van der Waals surface area contributed by atoms with Gasteiger partial charge < -0.3 is 14.7 Å². The van der Waals surface area contributed by atoms with Crippen molar-refractivity contribution >= 4 is 29.3 Å². The molecule has 1 aliphatic heterocycles. The molecule has 0 bridgehead atoms. The van der Waals surface area contributed by atoms with E-state index in [1.54, 1.807) is 19.9 Å². The lowest BCUT2D eigenvalue weighted by Crippen LogP contribution is -2.29. The minimum atomic E-state index is -0.871. The standard InChI is InChI=1S/C18H18ClNO3/c1-18(2,22)13-4-6-14(7-5-13)20-9-10-23-17-15(20)8-3-12(11-21)16(17)19/h3-8,11,22H,9-10H2,1-2H3. The summed E-state index contributed by atoms with van der Waals surface area (Å²) in [4.78, 5) is 13.1. The molecule has 0 saturated heterocycles. The van der Waals surface area contributed by atoms with Gasteiger partial charge in [0.25, 0.3) is 0 Å². The Morgan fingerprint density at radius 3 is 2.52 bits per heavy atom. The third-order valence-corrected chi connectivity index (χ3v) is 4.36. The quantitative estimate of drug-likeness (QED) is 0.866. The summed E-state index contributed by atoms with van der Waals surface area (Å²) in [5.74, 6) is 0.536. The zero-order valence-electron chi connectivity index (χ0n) is 13.0. The summed E-state index contributed by atoms with van der Waals surface area (Å²) in [5.41, 5.74) is 2.22. The number of fused-ring (bicyclic) bond motifs is 1. The van der Waals surface area contributed by atoms with Gasteiger partial charge in [0.2, 0.25) is 0 Å². The first-order valence-corrected chi connectivity index (χ1v) is 7.80. The van der Waals surface area contributed by atoms with Gasteiger partial charge in [-0.2, -0.15) is 0 Å². The Morgan fingerprint density at radius 1 is 1.22 bits per heavy atom. The Balaban J connectivity index is 2.00. The fourth-order valence-corrected chi connectivity index (χ4v) is 2.94. The Morgan fingerprint density at radius 2 is 1.91 bits per heavy atom. The van der Waals surface area contributed by atoms with Crippen LogP contribution in [0.15, 0.2) is 36.4 Å². The molecular formula is C18H18ClNO3. The molecule has 1 N–H and O–H groups in total. The Bertz CT molecular complexity index is 735. The molecule has 5 heteroatoms. The van der Waals surface area contributed by atoms with Crippen LogP contribution in [0.2, 0.25) is 5.02 Å². The largest absolute Gasteiger partial charge is 0.488 e. The van der Waals surface area contributed by atoms with Gasteiger partial charge in [-0.05, 0) is 43.7 Å². The lowest BCUT2D eigenvalue weighted by atomic mass is 9.98. The third kappa shape index (κ3) is 2.92.